The molecule has 1 fully saturated rings. The van der Waals surface area contributed by atoms with Gasteiger partial charge in [0, 0.05) is 30.6 Å². The van der Waals surface area contributed by atoms with Crippen LogP contribution in [-0.4, -0.2) is 51.9 Å². The minimum absolute atomic E-state index is 0.185. The summed E-state index contributed by atoms with van der Waals surface area (Å²) in [4.78, 5) is 19.4. The normalized spacial score (nSPS) is 14.9. The number of benzene rings is 1. The molecule has 0 spiro atoms. The maximum Gasteiger partial charge on any atom is 0.257 e. The van der Waals surface area contributed by atoms with E-state index in [4.69, 9.17) is 16.3 Å². The fourth-order valence-corrected chi connectivity index (χ4v) is 4.04. The SMILES string of the molecule is Cc1nn(-c2ccc(C(=O)Nc3nc(CN4CCOCC4)cs3)cc2)c(C)c1Cl. The van der Waals surface area contributed by atoms with E-state index in [0.717, 1.165) is 55.6 Å². The molecule has 0 atom stereocenters. The maximum atomic E-state index is 12.6. The second-order valence-electron chi connectivity index (χ2n) is 6.93. The molecule has 2 aromatic heterocycles. The van der Waals surface area contributed by atoms with Crippen molar-refractivity contribution in [3.05, 3.63) is 57.3 Å². The highest BCUT2D eigenvalue weighted by atomic mass is 35.5. The van der Waals surface area contributed by atoms with E-state index in [1.807, 2.05) is 31.4 Å². The van der Waals surface area contributed by atoms with Gasteiger partial charge in [-0.1, -0.05) is 11.6 Å². The molecular weight excluding hydrogens is 410 g/mol. The molecule has 1 N–H and O–H groups in total. The Bertz CT molecular complexity index is 1010. The Morgan fingerprint density at radius 1 is 1.24 bits per heavy atom. The highest BCUT2D eigenvalue weighted by molar-refractivity contribution is 7.14. The van der Waals surface area contributed by atoms with Gasteiger partial charge in [0.15, 0.2) is 5.13 Å². The Morgan fingerprint density at radius 2 is 1.97 bits per heavy atom. The van der Waals surface area contributed by atoms with Crippen molar-refractivity contribution in [1.82, 2.24) is 19.7 Å². The van der Waals surface area contributed by atoms with Crippen LogP contribution in [0.3, 0.4) is 0 Å². The zero-order valence-electron chi connectivity index (χ0n) is 16.3. The summed E-state index contributed by atoms with van der Waals surface area (Å²) in [7, 11) is 0. The lowest BCUT2D eigenvalue weighted by molar-refractivity contribution is 0.0337. The quantitative estimate of drug-likeness (QED) is 0.667. The molecule has 3 heterocycles. The summed E-state index contributed by atoms with van der Waals surface area (Å²) >= 11 is 7.66. The molecule has 0 aliphatic carbocycles. The van der Waals surface area contributed by atoms with Crippen LogP contribution in [0.1, 0.15) is 27.4 Å². The van der Waals surface area contributed by atoms with Gasteiger partial charge in [-0.25, -0.2) is 9.67 Å². The molecule has 9 heteroatoms. The molecule has 152 valence electrons. The number of carbonyl (C=O) groups excluding carboxylic acids is 1. The lowest BCUT2D eigenvalue weighted by Crippen LogP contribution is -2.35. The Hall–Kier alpha value is -2.26. The first-order valence-corrected chi connectivity index (χ1v) is 10.6. The van der Waals surface area contributed by atoms with Crippen LogP contribution in [0.15, 0.2) is 29.6 Å². The van der Waals surface area contributed by atoms with E-state index in [0.29, 0.717) is 15.7 Å². The third-order valence-corrected chi connectivity index (χ3v) is 6.19. The van der Waals surface area contributed by atoms with E-state index >= 15 is 0 Å². The van der Waals surface area contributed by atoms with Gasteiger partial charge >= 0.3 is 0 Å². The van der Waals surface area contributed by atoms with Crippen LogP contribution in [0.2, 0.25) is 5.02 Å². The van der Waals surface area contributed by atoms with E-state index in [2.05, 4.69) is 20.3 Å². The number of carbonyl (C=O) groups is 1. The van der Waals surface area contributed by atoms with Crippen LogP contribution >= 0.6 is 22.9 Å². The van der Waals surface area contributed by atoms with Crippen molar-refractivity contribution in [2.75, 3.05) is 31.6 Å². The molecule has 3 aromatic rings. The molecule has 0 unspecified atom stereocenters. The summed E-state index contributed by atoms with van der Waals surface area (Å²) in [6.45, 7) is 7.89. The number of rotatable bonds is 5. The molecule has 1 aliphatic heterocycles. The van der Waals surface area contributed by atoms with Gasteiger partial charge < -0.3 is 4.74 Å². The summed E-state index contributed by atoms with van der Waals surface area (Å²) in [5.41, 5.74) is 4.03. The third-order valence-electron chi connectivity index (χ3n) is 4.84. The van der Waals surface area contributed by atoms with Crippen molar-refractivity contribution in [2.45, 2.75) is 20.4 Å². The van der Waals surface area contributed by atoms with Gasteiger partial charge in [-0.3, -0.25) is 15.0 Å². The number of aryl methyl sites for hydroxylation is 1. The summed E-state index contributed by atoms with van der Waals surface area (Å²) in [5, 5.41) is 10.6. The standard InChI is InChI=1S/C20H22ClN5O2S/c1-13-18(21)14(2)26(24-13)17-5-3-15(4-6-17)19(27)23-20-22-16(12-29-20)11-25-7-9-28-10-8-25/h3-6,12H,7-11H2,1-2H3,(H,22,23,27). The smallest absolute Gasteiger partial charge is 0.257 e. The Labute approximate surface area is 178 Å². The van der Waals surface area contributed by atoms with Gasteiger partial charge in [0.2, 0.25) is 0 Å². The summed E-state index contributed by atoms with van der Waals surface area (Å²) in [5.74, 6) is -0.185. The van der Waals surface area contributed by atoms with Gasteiger partial charge in [-0.15, -0.1) is 11.3 Å². The number of thiazole rings is 1. The number of morpholine rings is 1. The van der Waals surface area contributed by atoms with Crippen molar-refractivity contribution in [2.24, 2.45) is 0 Å². The number of ether oxygens (including phenoxy) is 1. The van der Waals surface area contributed by atoms with E-state index < -0.39 is 0 Å². The fraction of sp³-hybridized carbons (Fsp3) is 0.350. The van der Waals surface area contributed by atoms with Gasteiger partial charge in [-0.2, -0.15) is 5.10 Å². The van der Waals surface area contributed by atoms with Gasteiger partial charge in [0.05, 0.1) is 41.0 Å². The number of hydrogen-bond donors (Lipinski definition) is 1. The number of halogens is 1. The van der Waals surface area contributed by atoms with Crippen LogP contribution in [0.25, 0.3) is 5.69 Å². The maximum absolute atomic E-state index is 12.6. The summed E-state index contributed by atoms with van der Waals surface area (Å²) in [6.07, 6.45) is 0. The number of amides is 1. The minimum atomic E-state index is -0.185. The lowest BCUT2D eigenvalue weighted by atomic mass is 10.2. The predicted molar refractivity (Wildman–Crippen MR) is 114 cm³/mol. The number of nitrogens with zero attached hydrogens (tertiary/aromatic N) is 4. The molecule has 1 saturated heterocycles. The molecule has 29 heavy (non-hydrogen) atoms. The van der Waals surface area contributed by atoms with Gasteiger partial charge in [0.1, 0.15) is 0 Å². The van der Waals surface area contributed by atoms with Crippen LogP contribution < -0.4 is 5.32 Å². The zero-order chi connectivity index (χ0) is 20.4. The van der Waals surface area contributed by atoms with E-state index in [9.17, 15) is 4.79 Å². The fourth-order valence-electron chi connectivity index (χ4n) is 3.22. The number of hydrogen-bond acceptors (Lipinski definition) is 6. The van der Waals surface area contributed by atoms with Crippen LogP contribution in [0.4, 0.5) is 5.13 Å². The third kappa shape index (κ3) is 4.51. The van der Waals surface area contributed by atoms with Crippen molar-refractivity contribution in [3.8, 4) is 5.69 Å². The van der Waals surface area contributed by atoms with Crippen LogP contribution in [-0.2, 0) is 11.3 Å². The second kappa shape index (κ2) is 8.62. The van der Waals surface area contributed by atoms with Crippen molar-refractivity contribution >= 4 is 34.0 Å². The second-order valence-corrected chi connectivity index (χ2v) is 8.17. The molecular formula is C20H22ClN5O2S. The molecule has 7 nitrogen and oxygen atoms in total. The lowest BCUT2D eigenvalue weighted by Gasteiger charge is -2.25. The highest BCUT2D eigenvalue weighted by Gasteiger charge is 2.15. The minimum Gasteiger partial charge on any atom is -0.379 e. The van der Waals surface area contributed by atoms with Crippen LogP contribution in [0.5, 0.6) is 0 Å². The molecule has 4 rings (SSSR count). The predicted octanol–water partition coefficient (Wildman–Crippen LogP) is 3.68. The average molecular weight is 432 g/mol. The topological polar surface area (TPSA) is 72.3 Å². The first kappa shape index (κ1) is 20.0. The van der Waals surface area contributed by atoms with E-state index in [1.165, 1.54) is 11.3 Å². The van der Waals surface area contributed by atoms with E-state index in [1.54, 1.807) is 16.8 Å². The molecule has 1 amide bonds. The number of anilines is 1. The molecule has 0 radical (unpaired) electrons. The average Bonchev–Trinajstić information content (AvgIpc) is 3.28. The Morgan fingerprint density at radius 3 is 2.62 bits per heavy atom. The Balaban J connectivity index is 1.40. The van der Waals surface area contributed by atoms with Gasteiger partial charge in [-0.05, 0) is 38.1 Å². The van der Waals surface area contributed by atoms with Crippen molar-refractivity contribution in [1.29, 1.82) is 0 Å². The molecule has 1 aliphatic rings. The van der Waals surface area contributed by atoms with Crippen LogP contribution in [0, 0.1) is 13.8 Å². The molecule has 1 aromatic carbocycles. The molecule has 0 saturated carbocycles. The van der Waals surface area contributed by atoms with Gasteiger partial charge in [0.25, 0.3) is 5.91 Å². The van der Waals surface area contributed by atoms with Crippen molar-refractivity contribution in [3.63, 3.8) is 0 Å². The zero-order valence-corrected chi connectivity index (χ0v) is 17.9. The summed E-state index contributed by atoms with van der Waals surface area (Å²) < 4.78 is 7.14. The van der Waals surface area contributed by atoms with E-state index in [-0.39, 0.29) is 5.91 Å². The molecule has 0 bridgehead atoms. The summed E-state index contributed by atoms with van der Waals surface area (Å²) in [6, 6.07) is 7.27. The largest absolute Gasteiger partial charge is 0.379 e. The highest BCUT2D eigenvalue weighted by Crippen LogP contribution is 2.23. The first-order valence-electron chi connectivity index (χ1n) is 9.39. The Kier molecular flexibility index (Phi) is 5.96. The first-order chi connectivity index (χ1) is 14.0. The van der Waals surface area contributed by atoms with Crippen molar-refractivity contribution < 1.29 is 9.53 Å². The monoisotopic (exact) mass is 431 g/mol. The number of nitrogens with one attached hydrogen (secondary N) is 1. The number of aromatic nitrogens is 3.